The minimum absolute atomic E-state index is 0. The van der Waals surface area contributed by atoms with Crippen molar-refractivity contribution < 1.29 is 0 Å². The first-order chi connectivity index (χ1) is 3.83. The molecule has 0 aromatic carbocycles. The Kier molecular flexibility index (Phi) is 74.1. The quantitative estimate of drug-likeness (QED) is 0.422. The molecule has 0 aliphatic heterocycles. The van der Waals surface area contributed by atoms with Gasteiger partial charge in [-0.3, -0.25) is 0 Å². The number of unbranched alkanes of at least 4 members (excludes halogenated alkanes) is 2. The van der Waals surface area contributed by atoms with E-state index >= 15 is 0 Å². The number of rotatable bonds is 2. The van der Waals surface area contributed by atoms with Crippen LogP contribution in [0.4, 0.5) is 0 Å². The Morgan fingerprint density at radius 1 is 0.900 bits per heavy atom. The third-order valence-electron chi connectivity index (χ3n) is 0.707. The summed E-state index contributed by atoms with van der Waals surface area (Å²) in [5, 5.41) is 0. The van der Waals surface area contributed by atoms with Gasteiger partial charge in [0.15, 0.2) is 0 Å². The first-order valence-electron chi connectivity index (χ1n) is 3.41. The van der Waals surface area contributed by atoms with E-state index < -0.39 is 0 Å². The van der Waals surface area contributed by atoms with Gasteiger partial charge >= 0.3 is 23.1 Å². The summed E-state index contributed by atoms with van der Waals surface area (Å²) in [6.07, 6.45) is 4.56. The minimum atomic E-state index is 0. The average molecular weight is 154 g/mol. The largest absolute Gasteiger partial charge is 2.00 e. The normalized spacial score (nSPS) is 6.00. The molecule has 0 aliphatic carbocycles. The van der Waals surface area contributed by atoms with Gasteiger partial charge in [-0.25, -0.2) is 0 Å². The summed E-state index contributed by atoms with van der Waals surface area (Å²) < 4.78 is 0. The van der Waals surface area contributed by atoms with Gasteiger partial charge in [-0.15, -0.1) is 0 Å². The predicted octanol–water partition coefficient (Wildman–Crippen LogP) is 3.31. The van der Waals surface area contributed by atoms with Crippen molar-refractivity contribution in [3.8, 4) is 0 Å². The van der Waals surface area contributed by atoms with E-state index in [2.05, 4.69) is 27.7 Å². The zero-order chi connectivity index (χ0) is 6.83. The molecule has 0 N–H and O–H groups in total. The molecule has 0 spiro atoms. The van der Waals surface area contributed by atoms with Gasteiger partial charge in [-0.1, -0.05) is 26.7 Å². The fraction of sp³-hybridized carbons (Fsp3) is 0.667. The van der Waals surface area contributed by atoms with Gasteiger partial charge in [0.05, 0.1) is 0 Å². The van der Waals surface area contributed by atoms with Gasteiger partial charge in [-0.2, -0.15) is 12.8 Å². The van der Waals surface area contributed by atoms with Crippen LogP contribution in [-0.4, -0.2) is 23.1 Å². The van der Waals surface area contributed by atoms with Crippen LogP contribution in [0.2, 0.25) is 0 Å². The van der Waals surface area contributed by atoms with Gasteiger partial charge < -0.3 is 21.3 Å². The zero-order valence-corrected chi connectivity index (χ0v) is 9.36. The summed E-state index contributed by atoms with van der Waals surface area (Å²) >= 11 is 0. The van der Waals surface area contributed by atoms with Crippen LogP contribution in [0.1, 0.15) is 39.5 Å². The molecule has 0 amide bonds. The van der Waals surface area contributed by atoms with Crippen LogP contribution in [0, 0.1) is 21.3 Å². The van der Waals surface area contributed by atoms with E-state index in [0.717, 1.165) is 12.8 Å². The standard InChI is InChI=1S/2C4H9.CH3.Mg/c2*1-3-4-2;;/h2*1,3-4H2,2H3;1H3;/q3*-1;+2. The molecular weight excluding hydrogens is 132 g/mol. The fourth-order valence-corrected chi connectivity index (χ4v) is 0. The van der Waals surface area contributed by atoms with Gasteiger partial charge in [0, 0.05) is 0 Å². The summed E-state index contributed by atoms with van der Waals surface area (Å²) in [4.78, 5) is 0. The maximum atomic E-state index is 3.60. The van der Waals surface area contributed by atoms with Crippen molar-refractivity contribution in [2.45, 2.75) is 39.5 Å². The second-order valence-electron chi connectivity index (χ2n) is 1.71. The van der Waals surface area contributed by atoms with Crippen LogP contribution < -0.4 is 0 Å². The smallest absolute Gasteiger partial charge is 0.358 e. The summed E-state index contributed by atoms with van der Waals surface area (Å²) in [7, 11) is 0. The third-order valence-corrected chi connectivity index (χ3v) is 0.707. The van der Waals surface area contributed by atoms with E-state index in [9.17, 15) is 0 Å². The van der Waals surface area contributed by atoms with E-state index in [-0.39, 0.29) is 30.5 Å². The van der Waals surface area contributed by atoms with Crippen molar-refractivity contribution in [3.63, 3.8) is 0 Å². The van der Waals surface area contributed by atoms with Crippen molar-refractivity contribution in [2.24, 2.45) is 0 Å². The first kappa shape index (κ1) is 22.4. The van der Waals surface area contributed by atoms with E-state index in [1.54, 1.807) is 0 Å². The van der Waals surface area contributed by atoms with Crippen molar-refractivity contribution in [3.05, 3.63) is 21.3 Å². The van der Waals surface area contributed by atoms with Crippen LogP contribution in [0.5, 0.6) is 0 Å². The van der Waals surface area contributed by atoms with Crippen LogP contribution in [0.3, 0.4) is 0 Å². The SMILES string of the molecule is [CH2-]CCC.[CH2-]CCC.[CH3-].[Mg+2]. The molecule has 0 saturated carbocycles. The molecule has 1 heteroatoms. The van der Waals surface area contributed by atoms with Crippen LogP contribution >= 0.6 is 0 Å². The van der Waals surface area contributed by atoms with E-state index in [1.807, 2.05) is 0 Å². The third kappa shape index (κ3) is 69.1. The molecule has 0 radical (unpaired) electrons. The Balaban J connectivity index is -0.0000000300. The molecule has 0 saturated heterocycles. The van der Waals surface area contributed by atoms with Crippen molar-refractivity contribution in [1.82, 2.24) is 0 Å². The van der Waals surface area contributed by atoms with Gasteiger partial charge in [0.2, 0.25) is 0 Å². The molecular formula is C9H21Mg-. The molecule has 0 bridgehead atoms. The second kappa shape index (κ2) is 33.0. The topological polar surface area (TPSA) is 0 Å². The Bertz CT molecular complexity index is 12.7. The van der Waals surface area contributed by atoms with Gasteiger partial charge in [-0.05, 0) is 0 Å². The number of hydrogen-bond donors (Lipinski definition) is 0. The molecule has 0 rings (SSSR count). The molecule has 0 atom stereocenters. The molecule has 0 unspecified atom stereocenters. The monoisotopic (exact) mass is 153 g/mol. The first-order valence-corrected chi connectivity index (χ1v) is 3.41. The molecule has 0 aromatic rings. The molecule has 60 valence electrons. The van der Waals surface area contributed by atoms with Gasteiger partial charge in [0.25, 0.3) is 0 Å². The predicted molar refractivity (Wildman–Crippen MR) is 52.7 cm³/mol. The van der Waals surface area contributed by atoms with Crippen molar-refractivity contribution in [1.29, 1.82) is 0 Å². The summed E-state index contributed by atoms with van der Waals surface area (Å²) in [6.45, 7) is 11.4. The minimum Gasteiger partial charge on any atom is -0.358 e. The maximum Gasteiger partial charge on any atom is 2.00 e. The molecule has 0 nitrogen and oxygen atoms in total. The van der Waals surface area contributed by atoms with Crippen molar-refractivity contribution >= 4 is 23.1 Å². The molecule has 0 heterocycles. The molecule has 10 heavy (non-hydrogen) atoms. The fourth-order valence-electron chi connectivity index (χ4n) is 0. The Hall–Kier alpha value is 0.766. The molecule has 0 aromatic heterocycles. The summed E-state index contributed by atoms with van der Waals surface area (Å²) in [6, 6.07) is 0. The summed E-state index contributed by atoms with van der Waals surface area (Å²) in [5.41, 5.74) is 0. The van der Waals surface area contributed by atoms with E-state index in [4.69, 9.17) is 0 Å². The Morgan fingerprint density at radius 3 is 1.00 bits per heavy atom. The maximum absolute atomic E-state index is 3.60. The zero-order valence-electron chi connectivity index (χ0n) is 7.95. The Labute approximate surface area is 83.9 Å². The second-order valence-corrected chi connectivity index (χ2v) is 1.71. The van der Waals surface area contributed by atoms with E-state index in [1.165, 1.54) is 12.8 Å². The van der Waals surface area contributed by atoms with Crippen LogP contribution in [0.25, 0.3) is 0 Å². The molecule has 0 aliphatic rings. The van der Waals surface area contributed by atoms with Crippen LogP contribution in [-0.2, 0) is 0 Å². The number of hydrogen-bond acceptors (Lipinski definition) is 0. The van der Waals surface area contributed by atoms with Crippen LogP contribution in [0.15, 0.2) is 0 Å². The Morgan fingerprint density at radius 2 is 1.00 bits per heavy atom. The summed E-state index contributed by atoms with van der Waals surface area (Å²) in [5.74, 6) is 0. The molecule has 0 fully saturated rings. The van der Waals surface area contributed by atoms with Gasteiger partial charge in [0.1, 0.15) is 0 Å². The average Bonchev–Trinajstić information content (AvgIpc) is 1.88. The van der Waals surface area contributed by atoms with Crippen molar-refractivity contribution in [2.75, 3.05) is 0 Å². The van der Waals surface area contributed by atoms with E-state index in [0.29, 0.717) is 0 Å².